The summed E-state index contributed by atoms with van der Waals surface area (Å²) in [5.74, 6) is 0. The zero-order valence-electron chi connectivity index (χ0n) is 9.50. The minimum atomic E-state index is 1.02. The van der Waals surface area contributed by atoms with E-state index in [0.29, 0.717) is 0 Å². The quantitative estimate of drug-likeness (QED) is 0.666. The van der Waals surface area contributed by atoms with Crippen molar-refractivity contribution in [1.82, 2.24) is 9.55 Å². The Morgan fingerprint density at radius 1 is 1.12 bits per heavy atom. The molecule has 3 aromatic rings. The maximum absolute atomic E-state index is 4.42. The van der Waals surface area contributed by atoms with E-state index in [1.54, 1.807) is 11.3 Å². The third kappa shape index (κ3) is 1.78. The fourth-order valence-electron chi connectivity index (χ4n) is 1.98. The highest BCUT2D eigenvalue weighted by Crippen LogP contribution is 2.34. The molecule has 0 aliphatic carbocycles. The van der Waals surface area contributed by atoms with Crippen LogP contribution < -0.4 is 0 Å². The molecule has 0 saturated carbocycles. The number of rotatable bonds is 2. The van der Waals surface area contributed by atoms with Crippen LogP contribution in [0.3, 0.4) is 0 Å². The molecule has 3 heterocycles. The molecule has 0 bridgehead atoms. The van der Waals surface area contributed by atoms with Crippen molar-refractivity contribution in [2.75, 3.05) is 0 Å². The molecule has 17 heavy (non-hydrogen) atoms. The third-order valence-corrected chi connectivity index (χ3v) is 3.64. The molecule has 0 N–H and O–H groups in total. The van der Waals surface area contributed by atoms with Crippen LogP contribution in [0.5, 0.6) is 0 Å². The SMILES string of the molecule is Cn1ccc(-c2ccccn2)c1-c1cccs1. The minimum absolute atomic E-state index is 1.02. The lowest BCUT2D eigenvalue weighted by molar-refractivity contribution is 0.940. The van der Waals surface area contributed by atoms with Crippen LogP contribution >= 0.6 is 11.3 Å². The van der Waals surface area contributed by atoms with Gasteiger partial charge >= 0.3 is 0 Å². The van der Waals surface area contributed by atoms with E-state index >= 15 is 0 Å². The number of aromatic nitrogens is 2. The Balaban J connectivity index is 2.20. The minimum Gasteiger partial charge on any atom is -0.349 e. The first-order valence-electron chi connectivity index (χ1n) is 5.47. The van der Waals surface area contributed by atoms with Gasteiger partial charge < -0.3 is 4.57 Å². The van der Waals surface area contributed by atoms with Crippen molar-refractivity contribution >= 4 is 11.3 Å². The first-order valence-corrected chi connectivity index (χ1v) is 6.35. The van der Waals surface area contributed by atoms with E-state index in [0.717, 1.165) is 5.69 Å². The fourth-order valence-corrected chi connectivity index (χ4v) is 2.80. The summed E-state index contributed by atoms with van der Waals surface area (Å²) >= 11 is 1.76. The van der Waals surface area contributed by atoms with Crippen molar-refractivity contribution in [2.24, 2.45) is 7.05 Å². The molecule has 0 radical (unpaired) electrons. The molecule has 3 aromatic heterocycles. The molecule has 0 fully saturated rings. The van der Waals surface area contributed by atoms with Gasteiger partial charge in [0.15, 0.2) is 0 Å². The van der Waals surface area contributed by atoms with Crippen LogP contribution in [0.1, 0.15) is 0 Å². The lowest BCUT2D eigenvalue weighted by Gasteiger charge is -2.05. The van der Waals surface area contributed by atoms with E-state index in [2.05, 4.69) is 46.4 Å². The number of thiophene rings is 1. The molecule has 0 spiro atoms. The summed E-state index contributed by atoms with van der Waals surface area (Å²) in [6.45, 7) is 0. The van der Waals surface area contributed by atoms with Crippen molar-refractivity contribution in [3.63, 3.8) is 0 Å². The predicted molar refractivity (Wildman–Crippen MR) is 72.0 cm³/mol. The number of hydrogen-bond donors (Lipinski definition) is 0. The van der Waals surface area contributed by atoms with Gasteiger partial charge in [-0.05, 0) is 29.6 Å². The number of aryl methyl sites for hydroxylation is 1. The van der Waals surface area contributed by atoms with Gasteiger partial charge in [0.2, 0.25) is 0 Å². The summed E-state index contributed by atoms with van der Waals surface area (Å²) < 4.78 is 2.15. The molecule has 2 nitrogen and oxygen atoms in total. The molecule has 0 atom stereocenters. The molecule has 3 heteroatoms. The molecule has 0 aliphatic heterocycles. The van der Waals surface area contributed by atoms with Crippen LogP contribution in [-0.4, -0.2) is 9.55 Å². The molecule has 84 valence electrons. The fraction of sp³-hybridized carbons (Fsp3) is 0.0714. The Morgan fingerprint density at radius 3 is 2.76 bits per heavy atom. The largest absolute Gasteiger partial charge is 0.349 e. The number of pyridine rings is 1. The topological polar surface area (TPSA) is 17.8 Å². The molecular formula is C14H12N2S. The van der Waals surface area contributed by atoms with Crippen molar-refractivity contribution in [3.05, 3.63) is 54.2 Å². The average molecular weight is 240 g/mol. The highest BCUT2D eigenvalue weighted by Gasteiger charge is 2.12. The molecule has 0 saturated heterocycles. The van der Waals surface area contributed by atoms with Gasteiger partial charge in [-0.3, -0.25) is 4.98 Å². The second-order valence-corrected chi connectivity index (χ2v) is 4.83. The van der Waals surface area contributed by atoms with Gasteiger partial charge in [-0.25, -0.2) is 0 Å². The average Bonchev–Trinajstić information content (AvgIpc) is 2.99. The van der Waals surface area contributed by atoms with E-state index in [4.69, 9.17) is 0 Å². The van der Waals surface area contributed by atoms with Gasteiger partial charge in [-0.2, -0.15) is 0 Å². The maximum Gasteiger partial charge on any atom is 0.0723 e. The van der Waals surface area contributed by atoms with E-state index in [9.17, 15) is 0 Å². The summed E-state index contributed by atoms with van der Waals surface area (Å²) in [5.41, 5.74) is 3.45. The van der Waals surface area contributed by atoms with Crippen molar-refractivity contribution in [1.29, 1.82) is 0 Å². The van der Waals surface area contributed by atoms with Crippen molar-refractivity contribution in [3.8, 4) is 21.8 Å². The standard InChI is InChI=1S/C14H12N2S/c1-16-9-7-11(12-5-2-3-8-15-12)14(16)13-6-4-10-17-13/h2-10H,1H3. The Morgan fingerprint density at radius 2 is 2.06 bits per heavy atom. The molecule has 0 amide bonds. The van der Waals surface area contributed by atoms with E-state index in [-0.39, 0.29) is 0 Å². The monoisotopic (exact) mass is 240 g/mol. The van der Waals surface area contributed by atoms with Crippen LogP contribution in [0.4, 0.5) is 0 Å². The van der Waals surface area contributed by atoms with E-state index in [1.807, 2.05) is 24.4 Å². The molecule has 0 aromatic carbocycles. The first-order chi connectivity index (χ1) is 8.36. The summed E-state index contributed by atoms with van der Waals surface area (Å²) in [4.78, 5) is 5.70. The van der Waals surface area contributed by atoms with Crippen LogP contribution in [0, 0.1) is 0 Å². The summed E-state index contributed by atoms with van der Waals surface area (Å²) in [6.07, 6.45) is 3.92. The zero-order valence-corrected chi connectivity index (χ0v) is 10.3. The molecule has 0 aliphatic rings. The third-order valence-electron chi connectivity index (χ3n) is 2.77. The Kier molecular flexibility index (Phi) is 2.53. The van der Waals surface area contributed by atoms with Crippen molar-refractivity contribution in [2.45, 2.75) is 0 Å². The van der Waals surface area contributed by atoms with Gasteiger partial charge in [-0.1, -0.05) is 12.1 Å². The van der Waals surface area contributed by atoms with Gasteiger partial charge in [0, 0.05) is 25.0 Å². The Hall–Kier alpha value is -1.87. The lowest BCUT2D eigenvalue weighted by Crippen LogP contribution is -1.90. The molecule has 0 unspecified atom stereocenters. The normalized spacial score (nSPS) is 10.6. The summed E-state index contributed by atoms with van der Waals surface area (Å²) in [7, 11) is 2.07. The van der Waals surface area contributed by atoms with Gasteiger partial charge in [0.25, 0.3) is 0 Å². The second-order valence-electron chi connectivity index (χ2n) is 3.88. The van der Waals surface area contributed by atoms with Crippen LogP contribution in [0.25, 0.3) is 21.8 Å². The summed E-state index contributed by atoms with van der Waals surface area (Å²) in [6, 6.07) is 12.4. The molecule has 3 rings (SSSR count). The predicted octanol–water partition coefficient (Wildman–Crippen LogP) is 3.82. The van der Waals surface area contributed by atoms with Crippen LogP contribution in [0.2, 0.25) is 0 Å². The van der Waals surface area contributed by atoms with Crippen LogP contribution in [0.15, 0.2) is 54.2 Å². The van der Waals surface area contributed by atoms with Gasteiger partial charge in [0.1, 0.15) is 0 Å². The first kappa shape index (κ1) is 10.3. The van der Waals surface area contributed by atoms with Gasteiger partial charge in [-0.15, -0.1) is 11.3 Å². The maximum atomic E-state index is 4.42. The number of nitrogens with zero attached hydrogens (tertiary/aromatic N) is 2. The number of hydrogen-bond acceptors (Lipinski definition) is 2. The van der Waals surface area contributed by atoms with Gasteiger partial charge in [0.05, 0.1) is 16.3 Å². The van der Waals surface area contributed by atoms with Crippen molar-refractivity contribution < 1.29 is 0 Å². The summed E-state index contributed by atoms with van der Waals surface area (Å²) in [5, 5.41) is 2.10. The smallest absolute Gasteiger partial charge is 0.0723 e. The Bertz CT molecular complexity index is 609. The highest BCUT2D eigenvalue weighted by molar-refractivity contribution is 7.13. The van der Waals surface area contributed by atoms with E-state index < -0.39 is 0 Å². The lowest BCUT2D eigenvalue weighted by atomic mass is 10.1. The molecular weight excluding hydrogens is 228 g/mol. The zero-order chi connectivity index (χ0) is 11.7. The van der Waals surface area contributed by atoms with Crippen LogP contribution in [-0.2, 0) is 7.05 Å². The van der Waals surface area contributed by atoms with E-state index in [1.165, 1.54) is 16.1 Å². The second kappa shape index (κ2) is 4.18. The highest BCUT2D eigenvalue weighted by atomic mass is 32.1. The Labute approximate surface area is 104 Å².